The highest BCUT2D eigenvalue weighted by atomic mass is 35.5. The average molecular weight is 548 g/mol. The molecule has 0 aliphatic carbocycles. The Morgan fingerprint density at radius 2 is 1.26 bits per heavy atom. The first-order valence-electron chi connectivity index (χ1n) is 14.1. The highest BCUT2D eigenvalue weighted by molar-refractivity contribution is 6.20. The number of alkyl halides is 1. The predicted octanol–water partition coefficient (Wildman–Crippen LogP) is 9.99. The number of halogens is 1. The van der Waals surface area contributed by atoms with E-state index in [0.717, 1.165) is 23.3 Å². The van der Waals surface area contributed by atoms with Crippen LogP contribution in [0.1, 0.15) is 95.0 Å². The van der Waals surface area contributed by atoms with Crippen molar-refractivity contribution >= 4 is 17.6 Å². The average Bonchev–Trinajstić information content (AvgIpc) is 2.94. The minimum atomic E-state index is -0.447. The number of esters is 1. The molecule has 0 heterocycles. The van der Waals surface area contributed by atoms with Crippen LogP contribution in [-0.2, 0) is 0 Å². The molecule has 0 aromatic heterocycles. The van der Waals surface area contributed by atoms with Crippen LogP contribution in [0.2, 0.25) is 0 Å². The summed E-state index contributed by atoms with van der Waals surface area (Å²) in [5, 5.41) is 8.89. The van der Waals surface area contributed by atoms with E-state index in [-0.39, 0.29) is 11.5 Å². The fourth-order valence-corrected chi connectivity index (χ4v) is 4.31. The van der Waals surface area contributed by atoms with E-state index >= 15 is 0 Å². The van der Waals surface area contributed by atoms with E-state index in [1.54, 1.807) is 36.4 Å². The lowest BCUT2D eigenvalue weighted by atomic mass is 10.0. The normalized spacial score (nSPS) is 11.9. The Balaban J connectivity index is 0.000000510. The van der Waals surface area contributed by atoms with Crippen LogP contribution in [0.4, 0.5) is 0 Å². The van der Waals surface area contributed by atoms with Crippen LogP contribution in [-0.4, -0.2) is 17.5 Å². The van der Waals surface area contributed by atoms with Gasteiger partial charge in [0.15, 0.2) is 0 Å². The van der Waals surface area contributed by atoms with Gasteiger partial charge in [-0.15, -0.1) is 11.6 Å². The zero-order valence-corrected chi connectivity index (χ0v) is 24.5. The first-order chi connectivity index (χ1) is 18.9. The van der Waals surface area contributed by atoms with Gasteiger partial charge in [0.05, 0.1) is 23.3 Å². The minimum Gasteiger partial charge on any atom is -0.491 e. The molecule has 3 aromatic carbocycles. The van der Waals surface area contributed by atoms with Crippen molar-refractivity contribution in [3.63, 3.8) is 0 Å². The topological polar surface area (TPSA) is 59.3 Å². The molecule has 3 rings (SSSR count). The second kappa shape index (κ2) is 18.1. The van der Waals surface area contributed by atoms with Crippen molar-refractivity contribution in [2.24, 2.45) is 0 Å². The van der Waals surface area contributed by atoms with Crippen molar-refractivity contribution in [2.75, 3.05) is 0 Å². The molecule has 0 N–H and O–H groups in total. The van der Waals surface area contributed by atoms with Gasteiger partial charge in [-0.1, -0.05) is 83.1 Å². The first-order valence-corrected chi connectivity index (χ1v) is 14.5. The van der Waals surface area contributed by atoms with E-state index in [9.17, 15) is 4.79 Å². The molecule has 0 radical (unpaired) electrons. The van der Waals surface area contributed by atoms with E-state index in [2.05, 4.69) is 13.8 Å². The number of unbranched alkanes of at least 4 members (excludes halogenated alkanes) is 6. The lowest BCUT2D eigenvalue weighted by Gasteiger charge is -2.16. The van der Waals surface area contributed by atoms with Crippen LogP contribution >= 0.6 is 11.6 Å². The molecular formula is C34H42ClNO3. The van der Waals surface area contributed by atoms with Crippen molar-refractivity contribution < 1.29 is 14.3 Å². The van der Waals surface area contributed by atoms with E-state index in [1.807, 2.05) is 56.3 Å². The van der Waals surface area contributed by atoms with Crippen LogP contribution < -0.4 is 9.47 Å². The quantitative estimate of drug-likeness (QED) is 0.0924. The maximum atomic E-state index is 12.3. The molecule has 0 saturated carbocycles. The number of carbonyl (C=O) groups is 1. The van der Waals surface area contributed by atoms with Crippen LogP contribution in [0, 0.1) is 11.3 Å². The minimum absolute atomic E-state index is 0.0461. The van der Waals surface area contributed by atoms with Gasteiger partial charge in [-0.05, 0) is 73.5 Å². The Morgan fingerprint density at radius 1 is 0.769 bits per heavy atom. The van der Waals surface area contributed by atoms with Crippen molar-refractivity contribution in [1.82, 2.24) is 0 Å². The largest absolute Gasteiger partial charge is 0.491 e. The molecule has 208 valence electrons. The van der Waals surface area contributed by atoms with E-state index in [1.165, 1.54) is 44.9 Å². The number of nitrogens with zero attached hydrogens (tertiary/aromatic N) is 1. The number of rotatable bonds is 13. The van der Waals surface area contributed by atoms with E-state index < -0.39 is 5.97 Å². The van der Waals surface area contributed by atoms with Gasteiger partial charge in [0.25, 0.3) is 0 Å². The highest BCUT2D eigenvalue weighted by Gasteiger charge is 2.10. The Kier molecular flexibility index (Phi) is 14.8. The lowest BCUT2D eigenvalue weighted by molar-refractivity contribution is 0.0734. The maximum Gasteiger partial charge on any atom is 0.343 e. The molecule has 0 saturated heterocycles. The van der Waals surface area contributed by atoms with E-state index in [0.29, 0.717) is 16.9 Å². The lowest BCUT2D eigenvalue weighted by Crippen LogP contribution is -2.15. The van der Waals surface area contributed by atoms with Crippen molar-refractivity contribution in [3.8, 4) is 28.7 Å². The van der Waals surface area contributed by atoms with Gasteiger partial charge in [0.2, 0.25) is 0 Å². The molecule has 2 unspecified atom stereocenters. The summed E-state index contributed by atoms with van der Waals surface area (Å²) >= 11 is 6.01. The smallest absolute Gasteiger partial charge is 0.343 e. The summed E-state index contributed by atoms with van der Waals surface area (Å²) < 4.78 is 11.2. The molecule has 0 aliphatic rings. The Morgan fingerprint density at radius 3 is 1.74 bits per heavy atom. The maximum absolute atomic E-state index is 12.3. The van der Waals surface area contributed by atoms with Crippen molar-refractivity contribution in [3.05, 3.63) is 83.9 Å². The Bertz CT molecular complexity index is 1130. The van der Waals surface area contributed by atoms with Gasteiger partial charge in [-0.2, -0.15) is 5.26 Å². The third-order valence-electron chi connectivity index (χ3n) is 6.20. The fraction of sp³-hybridized carbons (Fsp3) is 0.412. The van der Waals surface area contributed by atoms with Gasteiger partial charge in [0, 0.05) is 11.8 Å². The number of ether oxygens (including phenoxy) is 2. The molecule has 5 heteroatoms. The molecule has 0 amide bonds. The predicted molar refractivity (Wildman–Crippen MR) is 162 cm³/mol. The standard InChI is InChI=1S/C25H22ClNO3.C9H20/c1-17(26)15-18(2)29-23-13-9-21(10-14-23)20-5-7-22(8-6-20)25(28)30-24-11-3-19(16-27)4-12-24;1-3-5-7-9-8-6-4-2/h3-14,17-18H,15H2,1-2H3;3-9H2,1-2H3. The molecule has 3 aromatic rings. The van der Waals surface area contributed by atoms with Crippen LogP contribution in [0.3, 0.4) is 0 Å². The Labute approximate surface area is 239 Å². The first kappa shape index (κ1) is 31.9. The number of benzene rings is 3. The fourth-order valence-electron chi connectivity index (χ4n) is 4.06. The summed E-state index contributed by atoms with van der Waals surface area (Å²) in [5.41, 5.74) is 2.97. The SMILES string of the molecule is CC(Cl)CC(C)Oc1ccc(-c2ccc(C(=O)Oc3ccc(C#N)cc3)cc2)cc1.CCCCCCCCC. The molecule has 4 nitrogen and oxygen atoms in total. The van der Waals surface area contributed by atoms with E-state index in [4.69, 9.17) is 26.3 Å². The summed E-state index contributed by atoms with van der Waals surface area (Å²) in [7, 11) is 0. The highest BCUT2D eigenvalue weighted by Crippen LogP contribution is 2.24. The molecule has 0 spiro atoms. The van der Waals surface area contributed by atoms with Gasteiger partial charge in [-0.25, -0.2) is 4.79 Å². The summed E-state index contributed by atoms with van der Waals surface area (Å²) in [6.07, 6.45) is 10.8. The monoisotopic (exact) mass is 547 g/mol. The van der Waals surface area contributed by atoms with Gasteiger partial charge in [-0.3, -0.25) is 0 Å². The second-order valence-corrected chi connectivity index (χ2v) is 10.6. The molecule has 0 fully saturated rings. The number of nitriles is 1. The summed E-state index contributed by atoms with van der Waals surface area (Å²) in [6, 6.07) is 23.5. The molecule has 0 bridgehead atoms. The van der Waals surface area contributed by atoms with Crippen LogP contribution in [0.25, 0.3) is 11.1 Å². The third-order valence-corrected chi connectivity index (χ3v) is 6.38. The zero-order valence-electron chi connectivity index (χ0n) is 23.8. The zero-order chi connectivity index (χ0) is 28.5. The second-order valence-electron chi connectivity index (χ2n) is 9.84. The molecule has 0 aliphatic heterocycles. The van der Waals surface area contributed by atoms with Crippen LogP contribution in [0.15, 0.2) is 72.8 Å². The van der Waals surface area contributed by atoms with Crippen molar-refractivity contribution in [1.29, 1.82) is 5.26 Å². The van der Waals surface area contributed by atoms with Crippen molar-refractivity contribution in [2.45, 2.75) is 90.5 Å². The molecule has 39 heavy (non-hydrogen) atoms. The molecular weight excluding hydrogens is 506 g/mol. The summed E-state index contributed by atoms with van der Waals surface area (Å²) in [6.45, 7) is 8.48. The van der Waals surface area contributed by atoms with Gasteiger partial charge >= 0.3 is 5.97 Å². The third kappa shape index (κ3) is 12.4. The van der Waals surface area contributed by atoms with Gasteiger partial charge < -0.3 is 9.47 Å². The van der Waals surface area contributed by atoms with Gasteiger partial charge in [0.1, 0.15) is 11.5 Å². The number of carbonyl (C=O) groups excluding carboxylic acids is 1. The Hall–Kier alpha value is -3.29. The number of hydrogen-bond acceptors (Lipinski definition) is 4. The summed E-state index contributed by atoms with van der Waals surface area (Å²) in [4.78, 5) is 12.3. The molecule has 2 atom stereocenters. The summed E-state index contributed by atoms with van der Waals surface area (Å²) in [5.74, 6) is 0.750. The van der Waals surface area contributed by atoms with Crippen LogP contribution in [0.5, 0.6) is 11.5 Å². The number of hydrogen-bond donors (Lipinski definition) is 0.